The molecule has 1 saturated heterocycles. The van der Waals surface area contributed by atoms with Gasteiger partial charge in [0.05, 0.1) is 11.5 Å². The van der Waals surface area contributed by atoms with Crippen molar-refractivity contribution in [3.05, 3.63) is 83.6 Å². The third-order valence-electron chi connectivity index (χ3n) is 9.02. The Morgan fingerprint density at radius 1 is 1.05 bits per heavy atom. The number of carboxylic acid groups (broad SMARTS) is 1. The molecule has 6 rings (SSSR count). The first-order valence-electron chi connectivity index (χ1n) is 15.2. The van der Waals surface area contributed by atoms with Crippen LogP contribution in [-0.4, -0.2) is 58.6 Å². The monoisotopic (exact) mass is 552 g/mol. The fraction of sp³-hybridized carbons (Fsp3) is 0.441. The molecule has 2 aromatic carbocycles. The highest BCUT2D eigenvalue weighted by Gasteiger charge is 2.55. The summed E-state index contributed by atoms with van der Waals surface area (Å²) in [5.74, 6) is -0.723. The van der Waals surface area contributed by atoms with E-state index < -0.39 is 17.4 Å². The van der Waals surface area contributed by atoms with E-state index in [9.17, 15) is 14.7 Å². The van der Waals surface area contributed by atoms with Gasteiger partial charge in [-0.25, -0.2) is 4.98 Å². The van der Waals surface area contributed by atoms with Crippen molar-refractivity contribution in [3.63, 3.8) is 0 Å². The highest BCUT2D eigenvalue weighted by atomic mass is 16.4. The van der Waals surface area contributed by atoms with Crippen LogP contribution >= 0.6 is 0 Å². The number of anilines is 1. The van der Waals surface area contributed by atoms with Crippen molar-refractivity contribution in [3.8, 4) is 11.1 Å². The minimum atomic E-state index is -0.885. The number of nitrogens with one attached hydrogen (secondary N) is 2. The molecule has 41 heavy (non-hydrogen) atoms. The van der Waals surface area contributed by atoms with E-state index in [4.69, 9.17) is 4.98 Å². The van der Waals surface area contributed by atoms with Crippen LogP contribution in [0.1, 0.15) is 61.3 Å². The fourth-order valence-electron chi connectivity index (χ4n) is 6.66. The fourth-order valence-corrected chi connectivity index (χ4v) is 6.66. The number of carbonyl (C=O) groups excluding carboxylic acids is 1. The van der Waals surface area contributed by atoms with E-state index in [1.807, 2.05) is 54.6 Å². The number of aryl methyl sites for hydroxylation is 2. The molecule has 3 heterocycles. The van der Waals surface area contributed by atoms with Crippen LogP contribution in [0.25, 0.3) is 11.1 Å². The number of aliphatic carboxylic acids is 1. The smallest absolute Gasteiger partial charge is 0.313 e. The Kier molecular flexibility index (Phi) is 8.06. The minimum absolute atomic E-state index is 0.0000854. The summed E-state index contributed by atoms with van der Waals surface area (Å²) in [5.41, 5.74) is 4.50. The van der Waals surface area contributed by atoms with Gasteiger partial charge >= 0.3 is 5.97 Å². The molecule has 0 bridgehead atoms. The molecule has 7 heteroatoms. The van der Waals surface area contributed by atoms with Crippen LogP contribution in [0.2, 0.25) is 0 Å². The Hall–Kier alpha value is -3.71. The molecule has 1 saturated carbocycles. The molecular weight excluding hydrogens is 512 g/mol. The van der Waals surface area contributed by atoms with Gasteiger partial charge in [-0.15, -0.1) is 0 Å². The maximum absolute atomic E-state index is 13.5. The SMILES string of the molecule is O=C(O)C(c1cccc(-c2ccccc2)c1)C1(NC(=O)[C@@H]2CCCN(CCCc3ccc4c(n3)NCCC4)C2)CC1. The predicted octanol–water partition coefficient (Wildman–Crippen LogP) is 5.27. The first-order valence-corrected chi connectivity index (χ1v) is 15.2. The van der Waals surface area contributed by atoms with Gasteiger partial charge in [-0.05, 0) is 92.8 Å². The van der Waals surface area contributed by atoms with Crippen molar-refractivity contribution in [2.45, 2.75) is 62.8 Å². The van der Waals surface area contributed by atoms with Crippen LogP contribution in [0.15, 0.2) is 66.7 Å². The molecule has 1 amide bonds. The Labute approximate surface area is 242 Å². The number of aromatic nitrogens is 1. The topological polar surface area (TPSA) is 94.6 Å². The summed E-state index contributed by atoms with van der Waals surface area (Å²) < 4.78 is 0. The van der Waals surface area contributed by atoms with Gasteiger partial charge in [0.15, 0.2) is 0 Å². The van der Waals surface area contributed by atoms with Gasteiger partial charge in [-0.3, -0.25) is 9.59 Å². The summed E-state index contributed by atoms with van der Waals surface area (Å²) >= 11 is 0. The molecule has 1 unspecified atom stereocenters. The summed E-state index contributed by atoms with van der Waals surface area (Å²) in [7, 11) is 0. The van der Waals surface area contributed by atoms with Crippen LogP contribution in [0, 0.1) is 5.92 Å². The molecule has 0 radical (unpaired) electrons. The molecule has 2 atom stereocenters. The van der Waals surface area contributed by atoms with Gasteiger partial charge in [-0.2, -0.15) is 0 Å². The average Bonchev–Trinajstić information content (AvgIpc) is 3.77. The normalized spacial score (nSPS) is 20.3. The third kappa shape index (κ3) is 6.30. The number of hydrogen-bond donors (Lipinski definition) is 3. The Morgan fingerprint density at radius 2 is 1.88 bits per heavy atom. The van der Waals surface area contributed by atoms with Crippen LogP contribution < -0.4 is 10.6 Å². The standard InChI is InChI=1S/C34H40N4O3/c39-32(28-13-6-20-38(23-28)21-7-14-29-16-15-25-12-5-19-35-31(25)36-29)37-34(17-18-34)30(33(40)41)27-11-4-10-26(22-27)24-8-2-1-3-9-24/h1-4,8-11,15-16,22,28,30H,5-7,12-14,17-21,23H2,(H,35,36)(H,37,39)(H,40,41)/t28-,30?/m1/s1. The number of likely N-dealkylation sites (tertiary alicyclic amines) is 1. The van der Waals surface area contributed by atoms with Gasteiger partial charge in [0.25, 0.3) is 0 Å². The van der Waals surface area contributed by atoms with Gasteiger partial charge in [-0.1, -0.05) is 60.7 Å². The molecule has 3 aliphatic rings. The molecule has 2 aliphatic heterocycles. The maximum Gasteiger partial charge on any atom is 0.313 e. The number of nitrogens with zero attached hydrogens (tertiary/aromatic N) is 2. The first kappa shape index (κ1) is 27.5. The number of hydrogen-bond acceptors (Lipinski definition) is 5. The molecule has 1 aromatic heterocycles. The number of piperidine rings is 1. The van der Waals surface area contributed by atoms with E-state index in [-0.39, 0.29) is 11.8 Å². The van der Waals surface area contributed by atoms with Crippen molar-refractivity contribution in [2.24, 2.45) is 5.92 Å². The predicted molar refractivity (Wildman–Crippen MR) is 161 cm³/mol. The summed E-state index contributed by atoms with van der Waals surface area (Å²) in [4.78, 5) is 33.3. The quantitative estimate of drug-likeness (QED) is 0.317. The summed E-state index contributed by atoms with van der Waals surface area (Å²) in [5, 5.41) is 17.0. The lowest BCUT2D eigenvalue weighted by atomic mass is 9.86. The van der Waals surface area contributed by atoms with Crippen molar-refractivity contribution >= 4 is 17.7 Å². The maximum atomic E-state index is 13.5. The van der Waals surface area contributed by atoms with Gasteiger partial charge in [0, 0.05) is 18.8 Å². The van der Waals surface area contributed by atoms with Crippen LogP contribution in [0.5, 0.6) is 0 Å². The highest BCUT2D eigenvalue weighted by molar-refractivity contribution is 5.85. The highest BCUT2D eigenvalue weighted by Crippen LogP contribution is 2.48. The second kappa shape index (κ2) is 12.0. The zero-order chi connectivity index (χ0) is 28.2. The molecule has 3 aromatic rings. The third-order valence-corrected chi connectivity index (χ3v) is 9.02. The van der Waals surface area contributed by atoms with Crippen molar-refractivity contribution < 1.29 is 14.7 Å². The summed E-state index contributed by atoms with van der Waals surface area (Å²) in [6, 6.07) is 22.1. The molecule has 7 nitrogen and oxygen atoms in total. The number of carboxylic acids is 1. The summed E-state index contributed by atoms with van der Waals surface area (Å²) in [6.45, 7) is 3.65. The van der Waals surface area contributed by atoms with Gasteiger partial charge in [0.1, 0.15) is 11.7 Å². The zero-order valence-corrected chi connectivity index (χ0v) is 23.6. The first-order chi connectivity index (χ1) is 20.0. The lowest BCUT2D eigenvalue weighted by Crippen LogP contribution is -2.50. The molecule has 0 spiro atoms. The number of rotatable bonds is 10. The van der Waals surface area contributed by atoms with Crippen LogP contribution in [-0.2, 0) is 22.4 Å². The number of fused-ring (bicyclic) bond motifs is 1. The van der Waals surface area contributed by atoms with Crippen LogP contribution in [0.3, 0.4) is 0 Å². The molecular formula is C34H40N4O3. The lowest BCUT2D eigenvalue weighted by Gasteiger charge is -2.34. The molecule has 1 aliphatic carbocycles. The zero-order valence-electron chi connectivity index (χ0n) is 23.6. The van der Waals surface area contributed by atoms with E-state index in [1.54, 1.807) is 0 Å². The Balaban J connectivity index is 1.06. The largest absolute Gasteiger partial charge is 0.481 e. The number of carbonyl (C=O) groups is 2. The summed E-state index contributed by atoms with van der Waals surface area (Å²) in [6.07, 6.45) is 7.38. The number of pyridine rings is 1. The van der Waals surface area contributed by atoms with Crippen molar-refractivity contribution in [2.75, 3.05) is 31.5 Å². The van der Waals surface area contributed by atoms with Crippen LogP contribution in [0.4, 0.5) is 5.82 Å². The van der Waals surface area contributed by atoms with Crippen molar-refractivity contribution in [1.29, 1.82) is 0 Å². The second-order valence-corrected chi connectivity index (χ2v) is 12.0. The van der Waals surface area contributed by atoms with E-state index >= 15 is 0 Å². The van der Waals surface area contributed by atoms with Crippen molar-refractivity contribution in [1.82, 2.24) is 15.2 Å². The van der Waals surface area contributed by atoms with Gasteiger partial charge < -0.3 is 20.6 Å². The number of amides is 1. The van der Waals surface area contributed by atoms with E-state index in [0.29, 0.717) is 12.8 Å². The van der Waals surface area contributed by atoms with E-state index in [0.717, 1.165) is 92.9 Å². The second-order valence-electron chi connectivity index (χ2n) is 12.0. The van der Waals surface area contributed by atoms with E-state index in [1.165, 1.54) is 5.56 Å². The van der Waals surface area contributed by atoms with E-state index in [2.05, 4.69) is 27.7 Å². The molecule has 2 fully saturated rings. The lowest BCUT2D eigenvalue weighted by molar-refractivity contribution is -0.140. The Morgan fingerprint density at radius 3 is 2.68 bits per heavy atom. The average molecular weight is 553 g/mol. The number of benzene rings is 2. The van der Waals surface area contributed by atoms with Gasteiger partial charge in [0.2, 0.25) is 5.91 Å². The molecule has 3 N–H and O–H groups in total. The molecule has 214 valence electrons. The minimum Gasteiger partial charge on any atom is -0.481 e. The Bertz CT molecular complexity index is 1390.